The summed E-state index contributed by atoms with van der Waals surface area (Å²) in [6, 6.07) is 12.1. The van der Waals surface area contributed by atoms with Crippen LogP contribution in [-0.2, 0) is 9.53 Å². The van der Waals surface area contributed by atoms with Gasteiger partial charge >= 0.3 is 5.97 Å². The number of ether oxygens (including phenoxy) is 1. The Morgan fingerprint density at radius 1 is 1.05 bits per heavy atom. The molecule has 0 saturated carbocycles. The molecule has 0 amide bonds. The zero-order valence-electron chi connectivity index (χ0n) is 12.7. The van der Waals surface area contributed by atoms with Crippen LogP contribution in [0.2, 0.25) is 0 Å². The molecule has 0 aliphatic carbocycles. The molecular weight excluding hydrogens is 328 g/mol. The molecule has 2 rings (SSSR count). The van der Waals surface area contributed by atoms with Crippen molar-refractivity contribution in [3.8, 4) is 0 Å². The van der Waals surface area contributed by atoms with Crippen LogP contribution in [0, 0.1) is 20.8 Å². The minimum atomic E-state index is -0.365. The number of esters is 1. The molecule has 0 spiro atoms. The first-order valence-corrected chi connectivity index (χ1v) is 7.68. The summed E-state index contributed by atoms with van der Waals surface area (Å²) in [5.41, 5.74) is 5.54. The highest BCUT2D eigenvalue weighted by Crippen LogP contribution is 2.32. The van der Waals surface area contributed by atoms with Crippen molar-refractivity contribution in [1.29, 1.82) is 0 Å². The fraction of sp³-hybridized carbons (Fsp3) is 0.278. The van der Waals surface area contributed by atoms with E-state index >= 15 is 0 Å². The highest BCUT2D eigenvalue weighted by molar-refractivity contribution is 9.10. The van der Waals surface area contributed by atoms with E-state index < -0.39 is 0 Å². The van der Waals surface area contributed by atoms with Crippen molar-refractivity contribution in [3.05, 3.63) is 68.7 Å². The van der Waals surface area contributed by atoms with E-state index in [4.69, 9.17) is 4.74 Å². The van der Waals surface area contributed by atoms with E-state index in [1.807, 2.05) is 24.3 Å². The highest BCUT2D eigenvalue weighted by atomic mass is 79.9. The number of carbonyl (C=O) groups excluding carboxylic acids is 1. The lowest BCUT2D eigenvalue weighted by Gasteiger charge is -2.22. The van der Waals surface area contributed by atoms with Crippen molar-refractivity contribution in [2.24, 2.45) is 0 Å². The molecule has 0 N–H and O–H groups in total. The number of rotatable bonds is 3. The van der Waals surface area contributed by atoms with Crippen LogP contribution in [0.15, 0.2) is 40.9 Å². The van der Waals surface area contributed by atoms with Crippen LogP contribution >= 0.6 is 15.9 Å². The van der Waals surface area contributed by atoms with E-state index in [9.17, 15) is 4.79 Å². The van der Waals surface area contributed by atoms with E-state index in [1.165, 1.54) is 12.5 Å². The third-order valence-corrected chi connectivity index (χ3v) is 3.99. The average molecular weight is 347 g/mol. The van der Waals surface area contributed by atoms with Crippen LogP contribution in [0.5, 0.6) is 0 Å². The Morgan fingerprint density at radius 2 is 1.57 bits per heavy atom. The van der Waals surface area contributed by atoms with Gasteiger partial charge in [0.05, 0.1) is 0 Å². The van der Waals surface area contributed by atoms with Gasteiger partial charge in [-0.1, -0.05) is 45.8 Å². The Hall–Kier alpha value is -1.61. The Kier molecular flexibility index (Phi) is 4.84. The smallest absolute Gasteiger partial charge is 0.303 e. The first-order chi connectivity index (χ1) is 9.88. The molecule has 1 atom stereocenters. The molecule has 2 aromatic carbocycles. The van der Waals surface area contributed by atoms with Crippen LogP contribution in [0.4, 0.5) is 0 Å². The van der Waals surface area contributed by atoms with Crippen LogP contribution in [0.1, 0.15) is 40.8 Å². The van der Waals surface area contributed by atoms with E-state index in [0.29, 0.717) is 0 Å². The summed E-state index contributed by atoms with van der Waals surface area (Å²) < 4.78 is 6.61. The zero-order valence-corrected chi connectivity index (χ0v) is 14.3. The molecule has 2 aromatic rings. The molecule has 2 nitrogen and oxygen atoms in total. The monoisotopic (exact) mass is 346 g/mol. The fourth-order valence-electron chi connectivity index (χ4n) is 2.70. The summed E-state index contributed by atoms with van der Waals surface area (Å²) in [7, 11) is 0. The second-order valence-electron chi connectivity index (χ2n) is 5.35. The highest BCUT2D eigenvalue weighted by Gasteiger charge is 2.21. The maximum Gasteiger partial charge on any atom is 0.303 e. The maximum absolute atomic E-state index is 11.5. The SMILES string of the molecule is CC(=O)OC(c1ccc(Br)cc1)c1c(C)cc(C)cc1C. The van der Waals surface area contributed by atoms with E-state index in [2.05, 4.69) is 48.8 Å². The van der Waals surface area contributed by atoms with Gasteiger partial charge in [0, 0.05) is 17.0 Å². The molecule has 3 heteroatoms. The van der Waals surface area contributed by atoms with Gasteiger partial charge in [0.15, 0.2) is 6.10 Å². The van der Waals surface area contributed by atoms with Gasteiger partial charge in [0.1, 0.15) is 0 Å². The summed E-state index contributed by atoms with van der Waals surface area (Å²) >= 11 is 3.43. The number of aryl methyl sites for hydroxylation is 3. The second kappa shape index (κ2) is 6.44. The molecule has 0 aromatic heterocycles. The molecule has 0 heterocycles. The average Bonchev–Trinajstić information content (AvgIpc) is 2.37. The Morgan fingerprint density at radius 3 is 2.05 bits per heavy atom. The third-order valence-electron chi connectivity index (χ3n) is 3.46. The van der Waals surface area contributed by atoms with Crippen molar-refractivity contribution >= 4 is 21.9 Å². The number of halogens is 1. The van der Waals surface area contributed by atoms with Crippen LogP contribution in [0.25, 0.3) is 0 Å². The molecule has 0 radical (unpaired) electrons. The molecular formula is C18H19BrO2. The zero-order chi connectivity index (χ0) is 15.6. The van der Waals surface area contributed by atoms with Crippen LogP contribution in [0.3, 0.4) is 0 Å². The number of hydrogen-bond acceptors (Lipinski definition) is 2. The predicted molar refractivity (Wildman–Crippen MR) is 88.4 cm³/mol. The third kappa shape index (κ3) is 3.73. The molecule has 1 unspecified atom stereocenters. The van der Waals surface area contributed by atoms with Gasteiger partial charge in [0.2, 0.25) is 0 Å². The van der Waals surface area contributed by atoms with Gasteiger partial charge in [-0.25, -0.2) is 0 Å². The number of hydrogen-bond donors (Lipinski definition) is 0. The van der Waals surface area contributed by atoms with Crippen molar-refractivity contribution < 1.29 is 9.53 Å². The van der Waals surface area contributed by atoms with Gasteiger partial charge in [-0.05, 0) is 49.6 Å². The van der Waals surface area contributed by atoms with Gasteiger partial charge in [-0.2, -0.15) is 0 Å². The normalized spacial score (nSPS) is 12.0. The minimum absolute atomic E-state index is 0.276. The van der Waals surface area contributed by atoms with Gasteiger partial charge in [-0.15, -0.1) is 0 Å². The topological polar surface area (TPSA) is 26.3 Å². The minimum Gasteiger partial charge on any atom is -0.453 e. The summed E-state index contributed by atoms with van der Waals surface area (Å²) in [4.78, 5) is 11.5. The first-order valence-electron chi connectivity index (χ1n) is 6.89. The summed E-state index contributed by atoms with van der Waals surface area (Å²) in [5.74, 6) is -0.276. The number of benzene rings is 2. The van der Waals surface area contributed by atoms with E-state index in [-0.39, 0.29) is 12.1 Å². The second-order valence-corrected chi connectivity index (χ2v) is 6.27. The largest absolute Gasteiger partial charge is 0.453 e. The van der Waals surface area contributed by atoms with Crippen LogP contribution < -0.4 is 0 Å². The number of carbonyl (C=O) groups is 1. The van der Waals surface area contributed by atoms with Gasteiger partial charge in [-0.3, -0.25) is 4.79 Å². The standard InChI is InChI=1S/C18H19BrO2/c1-11-9-12(2)17(13(3)10-11)18(21-14(4)20)15-5-7-16(19)8-6-15/h5-10,18H,1-4H3. The van der Waals surface area contributed by atoms with Crippen molar-refractivity contribution in [2.75, 3.05) is 0 Å². The lowest BCUT2D eigenvalue weighted by Crippen LogP contribution is -2.13. The fourth-order valence-corrected chi connectivity index (χ4v) is 2.97. The molecule has 0 bridgehead atoms. The predicted octanol–water partition coefficient (Wildman–Crippen LogP) is 5.03. The molecule has 21 heavy (non-hydrogen) atoms. The molecule has 110 valence electrons. The summed E-state index contributed by atoms with van der Waals surface area (Å²) in [6.07, 6.45) is -0.365. The van der Waals surface area contributed by atoms with E-state index in [0.717, 1.165) is 26.7 Å². The van der Waals surface area contributed by atoms with Gasteiger partial charge < -0.3 is 4.74 Å². The Labute approximate surface area is 134 Å². The summed E-state index contributed by atoms with van der Waals surface area (Å²) in [5, 5.41) is 0. The Bertz CT molecular complexity index is 636. The van der Waals surface area contributed by atoms with Crippen molar-refractivity contribution in [1.82, 2.24) is 0 Å². The van der Waals surface area contributed by atoms with Crippen LogP contribution in [-0.4, -0.2) is 5.97 Å². The summed E-state index contributed by atoms with van der Waals surface area (Å²) in [6.45, 7) is 7.64. The Balaban J connectivity index is 2.55. The lowest BCUT2D eigenvalue weighted by molar-refractivity contribution is -0.144. The van der Waals surface area contributed by atoms with Crippen molar-refractivity contribution in [2.45, 2.75) is 33.8 Å². The van der Waals surface area contributed by atoms with E-state index in [1.54, 1.807) is 0 Å². The van der Waals surface area contributed by atoms with Crippen molar-refractivity contribution in [3.63, 3.8) is 0 Å². The molecule has 0 saturated heterocycles. The first kappa shape index (κ1) is 15.8. The lowest BCUT2D eigenvalue weighted by atomic mass is 9.92. The molecule has 0 fully saturated rings. The molecule has 0 aliphatic heterocycles. The molecule has 0 aliphatic rings. The van der Waals surface area contributed by atoms with Gasteiger partial charge in [0.25, 0.3) is 0 Å². The maximum atomic E-state index is 11.5. The quantitative estimate of drug-likeness (QED) is 0.728.